The van der Waals surface area contributed by atoms with Crippen molar-refractivity contribution >= 4 is 35.9 Å². The van der Waals surface area contributed by atoms with Crippen molar-refractivity contribution in [3.8, 4) is 0 Å². The first kappa shape index (κ1) is 32.2. The minimum atomic E-state index is -1.99. The molecular formula is C27H41N3O8S. The van der Waals surface area contributed by atoms with Crippen LogP contribution in [0.2, 0.25) is 0 Å². The van der Waals surface area contributed by atoms with Crippen molar-refractivity contribution in [3.05, 3.63) is 35.9 Å². The third-order valence-corrected chi connectivity index (χ3v) is 7.49. The van der Waals surface area contributed by atoms with Crippen LogP contribution in [0.25, 0.3) is 0 Å². The third kappa shape index (κ3) is 7.78. The van der Waals surface area contributed by atoms with Crippen molar-refractivity contribution in [1.29, 1.82) is 0 Å². The van der Waals surface area contributed by atoms with Gasteiger partial charge in [-0.1, -0.05) is 30.3 Å². The minimum absolute atomic E-state index is 0.206. The lowest BCUT2D eigenvalue weighted by atomic mass is 9.76. The van der Waals surface area contributed by atoms with Crippen LogP contribution in [0.1, 0.15) is 72.8 Å². The Morgan fingerprint density at radius 1 is 1.00 bits per heavy atom. The molecule has 2 rings (SSSR count). The summed E-state index contributed by atoms with van der Waals surface area (Å²) in [5, 5.41) is 19.0. The number of carbonyl (C=O) groups is 4. The molecule has 1 heterocycles. The molecule has 1 aliphatic rings. The van der Waals surface area contributed by atoms with Gasteiger partial charge in [-0.2, -0.15) is 11.8 Å². The molecule has 0 aromatic heterocycles. The fraction of sp³-hybridized carbons (Fsp3) is 0.630. The Morgan fingerprint density at radius 2 is 1.59 bits per heavy atom. The molecule has 0 bridgehead atoms. The molecule has 4 N–H and O–H groups in total. The molecule has 12 heteroatoms. The van der Waals surface area contributed by atoms with Crippen molar-refractivity contribution in [1.82, 2.24) is 15.8 Å². The van der Waals surface area contributed by atoms with Crippen LogP contribution in [0.15, 0.2) is 30.3 Å². The molecule has 0 saturated carbocycles. The lowest BCUT2D eigenvalue weighted by Crippen LogP contribution is -2.68. The van der Waals surface area contributed by atoms with Gasteiger partial charge >= 0.3 is 24.1 Å². The summed E-state index contributed by atoms with van der Waals surface area (Å²) in [6.45, 7) is 10.5. The summed E-state index contributed by atoms with van der Waals surface area (Å²) >= 11 is 1.21. The number of rotatable bonds is 9. The average molecular weight is 568 g/mol. The number of carboxylic acids is 1. The Kier molecular flexibility index (Phi) is 10.3. The van der Waals surface area contributed by atoms with Gasteiger partial charge in [0.1, 0.15) is 11.2 Å². The van der Waals surface area contributed by atoms with Crippen LogP contribution in [-0.2, 0) is 24.6 Å². The maximum absolute atomic E-state index is 14.1. The predicted molar refractivity (Wildman–Crippen MR) is 147 cm³/mol. The quantitative estimate of drug-likeness (QED) is 0.250. The van der Waals surface area contributed by atoms with E-state index >= 15 is 0 Å². The van der Waals surface area contributed by atoms with Gasteiger partial charge in [0.25, 0.3) is 0 Å². The predicted octanol–water partition coefficient (Wildman–Crippen LogP) is 4.36. The van der Waals surface area contributed by atoms with Crippen LogP contribution in [0.4, 0.5) is 9.59 Å². The van der Waals surface area contributed by atoms with Crippen molar-refractivity contribution in [2.75, 3.05) is 12.8 Å². The Morgan fingerprint density at radius 3 is 2.08 bits per heavy atom. The molecule has 2 unspecified atom stereocenters. The highest BCUT2D eigenvalue weighted by Gasteiger charge is 2.59. The summed E-state index contributed by atoms with van der Waals surface area (Å²) in [5.41, 5.74) is -0.555. The van der Waals surface area contributed by atoms with Gasteiger partial charge < -0.3 is 19.7 Å². The number of esters is 1. The summed E-state index contributed by atoms with van der Waals surface area (Å²) in [5.74, 6) is -2.03. The molecule has 11 nitrogen and oxygen atoms in total. The molecular weight excluding hydrogens is 526 g/mol. The topological polar surface area (TPSA) is 154 Å². The number of carboxylic acid groups (broad SMARTS) is 2. The fourth-order valence-corrected chi connectivity index (χ4v) is 5.88. The molecule has 0 radical (unpaired) electrons. The monoisotopic (exact) mass is 567 g/mol. The summed E-state index contributed by atoms with van der Waals surface area (Å²) < 4.78 is 11.6. The molecule has 218 valence electrons. The highest BCUT2D eigenvalue weighted by molar-refractivity contribution is 7.99. The second-order valence-electron chi connectivity index (χ2n) is 11.6. The number of carbonyl (C=O) groups excluding carboxylic acids is 2. The van der Waals surface area contributed by atoms with Gasteiger partial charge in [-0.25, -0.2) is 24.6 Å². The van der Waals surface area contributed by atoms with Crippen molar-refractivity contribution in [2.24, 2.45) is 0 Å². The maximum Gasteiger partial charge on any atom is 0.419 e. The first-order valence-corrected chi connectivity index (χ1v) is 14.1. The average Bonchev–Trinajstić information content (AvgIpc) is 2.82. The second-order valence-corrected chi connectivity index (χ2v) is 12.6. The van der Waals surface area contributed by atoms with Crippen LogP contribution in [0.5, 0.6) is 0 Å². The number of amides is 2. The van der Waals surface area contributed by atoms with E-state index in [1.54, 1.807) is 78.1 Å². The van der Waals surface area contributed by atoms with Crippen LogP contribution < -0.4 is 10.9 Å². The third-order valence-electron chi connectivity index (χ3n) is 6.36. The Hall–Kier alpha value is -2.99. The number of hydrogen-bond donors (Lipinski definition) is 4. The highest BCUT2D eigenvalue weighted by Crippen LogP contribution is 2.44. The summed E-state index contributed by atoms with van der Waals surface area (Å²) in [6.07, 6.45) is 0.682. The van der Waals surface area contributed by atoms with Crippen LogP contribution in [0, 0.1) is 0 Å². The van der Waals surface area contributed by atoms with Gasteiger partial charge in [0.2, 0.25) is 0 Å². The van der Waals surface area contributed by atoms with Crippen molar-refractivity contribution in [3.63, 3.8) is 0 Å². The van der Waals surface area contributed by atoms with Gasteiger partial charge in [-0.15, -0.1) is 0 Å². The molecule has 0 aliphatic carbocycles. The van der Waals surface area contributed by atoms with E-state index in [0.717, 1.165) is 0 Å². The van der Waals surface area contributed by atoms with E-state index in [2.05, 4.69) is 5.43 Å². The zero-order chi connectivity index (χ0) is 29.6. The number of benzene rings is 1. The van der Waals surface area contributed by atoms with E-state index in [0.29, 0.717) is 12.8 Å². The molecule has 1 saturated heterocycles. The maximum atomic E-state index is 14.1. The number of likely N-dealkylation sites (tertiary alicyclic amines) is 1. The van der Waals surface area contributed by atoms with Gasteiger partial charge in [0.05, 0.1) is 0 Å². The Labute approximate surface area is 234 Å². The zero-order valence-electron chi connectivity index (χ0n) is 23.7. The lowest BCUT2D eigenvalue weighted by Gasteiger charge is -2.50. The standard InChI is InChI=1S/C27H41N3O8S/c1-24(2,3)37-21(33)27(15-11-12-16-30(27)23(36)38-25(4,5)6)19(39-7)17-26(20(31)32,29-28-22(34)35)18-13-9-8-10-14-18/h8-10,13-14,19,28-29H,11-12,15-17H2,1-7H3,(H,31,32)(H,34,35)/t19?,26-,27?/m1/s1. The smallest absolute Gasteiger partial charge is 0.419 e. The van der Waals surface area contributed by atoms with Gasteiger partial charge in [0.15, 0.2) is 11.1 Å². The molecule has 1 fully saturated rings. The summed E-state index contributed by atoms with van der Waals surface area (Å²) in [7, 11) is 0. The normalized spacial score (nSPS) is 20.3. The van der Waals surface area contributed by atoms with Crippen LogP contribution in [-0.4, -0.2) is 74.0 Å². The molecule has 2 amide bonds. The number of aliphatic carboxylic acids is 1. The van der Waals surface area contributed by atoms with Crippen molar-refractivity contribution < 1.29 is 38.9 Å². The molecule has 0 spiro atoms. The Bertz CT molecular complexity index is 1040. The van der Waals surface area contributed by atoms with E-state index in [-0.39, 0.29) is 24.9 Å². The molecule has 1 aromatic carbocycles. The number of hydrazine groups is 1. The summed E-state index contributed by atoms with van der Waals surface area (Å²) in [4.78, 5) is 53.4. The largest absolute Gasteiger partial charge is 0.480 e. The van der Waals surface area contributed by atoms with E-state index < -0.39 is 51.7 Å². The number of thioether (sulfide) groups is 1. The highest BCUT2D eigenvalue weighted by atomic mass is 32.2. The number of ether oxygens (including phenoxy) is 2. The molecule has 1 aliphatic heterocycles. The first-order chi connectivity index (χ1) is 18.0. The van der Waals surface area contributed by atoms with Gasteiger partial charge in [-0.05, 0) is 79.0 Å². The van der Waals surface area contributed by atoms with E-state index in [1.807, 2.05) is 5.43 Å². The number of hydrogen-bond acceptors (Lipinski definition) is 8. The molecule has 1 aromatic rings. The van der Waals surface area contributed by atoms with E-state index in [4.69, 9.17) is 9.47 Å². The molecule has 3 atom stereocenters. The number of piperidine rings is 1. The molecule has 39 heavy (non-hydrogen) atoms. The SMILES string of the molecule is CSC(C[C@](NNC(=O)O)(C(=O)O)c1ccccc1)C1(C(=O)OC(C)(C)C)CCCCN1C(=O)OC(C)(C)C. The van der Waals surface area contributed by atoms with Gasteiger partial charge in [-0.3, -0.25) is 10.3 Å². The van der Waals surface area contributed by atoms with Crippen LogP contribution >= 0.6 is 11.8 Å². The summed E-state index contributed by atoms with van der Waals surface area (Å²) in [6, 6.07) is 8.12. The fourth-order valence-electron chi connectivity index (χ4n) is 4.73. The second kappa shape index (κ2) is 12.5. The van der Waals surface area contributed by atoms with E-state index in [1.165, 1.54) is 16.7 Å². The van der Waals surface area contributed by atoms with Crippen molar-refractivity contribution in [2.45, 2.75) is 94.8 Å². The van der Waals surface area contributed by atoms with Crippen LogP contribution in [0.3, 0.4) is 0 Å². The first-order valence-electron chi connectivity index (χ1n) is 12.8. The Balaban J connectivity index is 2.76. The number of nitrogens with zero attached hydrogens (tertiary/aromatic N) is 1. The minimum Gasteiger partial charge on any atom is -0.480 e. The lowest BCUT2D eigenvalue weighted by molar-refractivity contribution is -0.173. The number of nitrogens with one attached hydrogen (secondary N) is 2. The zero-order valence-corrected chi connectivity index (χ0v) is 24.5. The van der Waals surface area contributed by atoms with E-state index in [9.17, 15) is 29.4 Å². The van der Waals surface area contributed by atoms with Gasteiger partial charge in [0, 0.05) is 11.8 Å².